The molecule has 2 N–H and O–H groups in total. The summed E-state index contributed by atoms with van der Waals surface area (Å²) >= 11 is 0. The molecule has 1 aromatic carbocycles. The van der Waals surface area contributed by atoms with Gasteiger partial charge in [-0.3, -0.25) is 0 Å². The number of hydrogen-bond donors (Lipinski definition) is 2. The average Bonchev–Trinajstić information content (AvgIpc) is 2.52. The van der Waals surface area contributed by atoms with Crippen LogP contribution in [-0.4, -0.2) is 43.7 Å². The van der Waals surface area contributed by atoms with Gasteiger partial charge in [-0.1, -0.05) is 26.3 Å². The highest BCUT2D eigenvalue weighted by molar-refractivity contribution is 5.43. The number of nitrogens with one attached hydrogen (secondary N) is 1. The van der Waals surface area contributed by atoms with Gasteiger partial charge in [0, 0.05) is 19.6 Å². The average molecular weight is 331 g/mol. The Morgan fingerprint density at radius 2 is 2.04 bits per heavy atom. The third kappa shape index (κ3) is 3.21. The molecular formula is C21H34N2O. The van der Waals surface area contributed by atoms with E-state index in [0.717, 1.165) is 26.1 Å². The zero-order chi connectivity index (χ0) is 17.4. The van der Waals surface area contributed by atoms with E-state index in [1.807, 2.05) is 12.1 Å². The number of aromatic hydroxyl groups is 1. The van der Waals surface area contributed by atoms with Crippen LogP contribution in [0.15, 0.2) is 18.2 Å². The molecule has 2 aliphatic rings. The standard InChI is InChI=1S/C21H34N2O/c1-20(15-22-12-13-23(3)4)10-5-11-21(2)18-14-17(24)8-6-16(18)7-9-19(20)21/h6,8,14,19,22,24H,5,7,9-13,15H2,1-4H3/t19-,20-,21+/m0/s1. The molecule has 0 radical (unpaired) electrons. The van der Waals surface area contributed by atoms with Gasteiger partial charge in [-0.05, 0) is 79.8 Å². The normalized spacial score (nSPS) is 32.5. The van der Waals surface area contributed by atoms with Crippen molar-refractivity contribution in [3.63, 3.8) is 0 Å². The zero-order valence-corrected chi connectivity index (χ0v) is 15.9. The summed E-state index contributed by atoms with van der Waals surface area (Å²) in [6, 6.07) is 6.05. The van der Waals surface area contributed by atoms with Gasteiger partial charge < -0.3 is 15.3 Å². The van der Waals surface area contributed by atoms with Gasteiger partial charge in [-0.25, -0.2) is 0 Å². The lowest BCUT2D eigenvalue weighted by Gasteiger charge is -2.55. The second-order valence-corrected chi connectivity index (χ2v) is 8.84. The van der Waals surface area contributed by atoms with E-state index < -0.39 is 0 Å². The first kappa shape index (κ1) is 17.8. The van der Waals surface area contributed by atoms with Crippen LogP contribution < -0.4 is 5.32 Å². The van der Waals surface area contributed by atoms with Crippen LogP contribution in [0.2, 0.25) is 0 Å². The molecule has 134 valence electrons. The Morgan fingerprint density at radius 1 is 1.25 bits per heavy atom. The number of rotatable bonds is 5. The predicted molar refractivity (Wildman–Crippen MR) is 101 cm³/mol. The summed E-state index contributed by atoms with van der Waals surface area (Å²) in [4.78, 5) is 2.24. The van der Waals surface area contributed by atoms with Gasteiger partial charge in [0.25, 0.3) is 0 Å². The lowest BCUT2D eigenvalue weighted by atomic mass is 9.50. The Balaban J connectivity index is 1.81. The Labute approximate surface area is 147 Å². The maximum Gasteiger partial charge on any atom is 0.115 e. The minimum atomic E-state index is 0.211. The fraction of sp³-hybridized carbons (Fsp3) is 0.714. The smallest absolute Gasteiger partial charge is 0.115 e. The van der Waals surface area contributed by atoms with Gasteiger partial charge >= 0.3 is 0 Å². The molecule has 3 atom stereocenters. The van der Waals surface area contributed by atoms with E-state index in [9.17, 15) is 5.11 Å². The summed E-state index contributed by atoms with van der Waals surface area (Å²) in [5.74, 6) is 1.12. The van der Waals surface area contributed by atoms with Gasteiger partial charge in [-0.2, -0.15) is 0 Å². The number of benzene rings is 1. The Bertz CT molecular complexity index is 585. The molecule has 0 saturated heterocycles. The van der Waals surface area contributed by atoms with Crippen molar-refractivity contribution < 1.29 is 5.11 Å². The largest absolute Gasteiger partial charge is 0.508 e. The third-order valence-corrected chi connectivity index (χ3v) is 6.73. The van der Waals surface area contributed by atoms with Gasteiger partial charge in [0.2, 0.25) is 0 Å². The summed E-state index contributed by atoms with van der Waals surface area (Å²) in [7, 11) is 4.26. The first-order valence-electron chi connectivity index (χ1n) is 9.53. The summed E-state index contributed by atoms with van der Waals surface area (Å²) in [5.41, 5.74) is 3.43. The topological polar surface area (TPSA) is 35.5 Å². The minimum absolute atomic E-state index is 0.211. The maximum atomic E-state index is 10.0. The van der Waals surface area contributed by atoms with E-state index in [-0.39, 0.29) is 5.41 Å². The Hall–Kier alpha value is -1.06. The number of nitrogens with zero attached hydrogens (tertiary/aromatic N) is 1. The first-order valence-corrected chi connectivity index (χ1v) is 9.53. The van der Waals surface area contributed by atoms with E-state index in [2.05, 4.69) is 44.2 Å². The van der Waals surface area contributed by atoms with Gasteiger partial charge in [0.1, 0.15) is 5.75 Å². The SMILES string of the molecule is CN(C)CCNC[C@]1(C)CCC[C@]2(C)c3cc(O)ccc3CC[C@@H]12. The summed E-state index contributed by atoms with van der Waals surface area (Å²) in [6.07, 6.45) is 6.29. The van der Waals surface area contributed by atoms with Crippen molar-refractivity contribution in [1.29, 1.82) is 0 Å². The monoisotopic (exact) mass is 330 g/mol. The molecule has 1 saturated carbocycles. The molecule has 3 heteroatoms. The molecule has 0 heterocycles. The number of phenols is 1. The Kier molecular flexibility index (Phi) is 4.94. The molecule has 0 unspecified atom stereocenters. The number of phenolic OH excluding ortho intramolecular Hbond substituents is 1. The van der Waals surface area contributed by atoms with E-state index >= 15 is 0 Å². The number of likely N-dealkylation sites (N-methyl/N-ethyl adjacent to an activating group) is 1. The van der Waals surface area contributed by atoms with Crippen LogP contribution in [-0.2, 0) is 11.8 Å². The molecule has 24 heavy (non-hydrogen) atoms. The van der Waals surface area contributed by atoms with Crippen LogP contribution >= 0.6 is 0 Å². The van der Waals surface area contributed by atoms with Crippen molar-refractivity contribution in [3.05, 3.63) is 29.3 Å². The quantitative estimate of drug-likeness (QED) is 0.811. The lowest BCUT2D eigenvalue weighted by molar-refractivity contribution is 0.0257. The molecule has 3 rings (SSSR count). The maximum absolute atomic E-state index is 10.0. The number of aryl methyl sites for hydroxylation is 1. The number of fused-ring (bicyclic) bond motifs is 3. The molecule has 3 nitrogen and oxygen atoms in total. The van der Waals surface area contributed by atoms with Crippen LogP contribution in [0.4, 0.5) is 0 Å². The van der Waals surface area contributed by atoms with Crippen LogP contribution in [0.5, 0.6) is 5.75 Å². The van der Waals surface area contributed by atoms with Crippen LogP contribution in [0, 0.1) is 11.3 Å². The van der Waals surface area contributed by atoms with Crippen LogP contribution in [0.1, 0.15) is 50.7 Å². The summed E-state index contributed by atoms with van der Waals surface area (Å²) < 4.78 is 0. The second-order valence-electron chi connectivity index (χ2n) is 8.84. The fourth-order valence-corrected chi connectivity index (χ4v) is 5.47. The van der Waals surface area contributed by atoms with E-state index in [1.54, 1.807) is 0 Å². The first-order chi connectivity index (χ1) is 11.3. The molecule has 2 aliphatic carbocycles. The molecular weight excluding hydrogens is 296 g/mol. The second kappa shape index (κ2) is 6.68. The lowest BCUT2D eigenvalue weighted by Crippen LogP contribution is -2.53. The van der Waals surface area contributed by atoms with Crippen molar-refractivity contribution in [2.45, 2.75) is 51.4 Å². The van der Waals surface area contributed by atoms with Gasteiger partial charge in [0.15, 0.2) is 0 Å². The van der Waals surface area contributed by atoms with Crippen molar-refractivity contribution in [2.24, 2.45) is 11.3 Å². The predicted octanol–water partition coefficient (Wildman–Crippen LogP) is 3.55. The molecule has 0 aliphatic heterocycles. The number of hydrogen-bond acceptors (Lipinski definition) is 3. The third-order valence-electron chi connectivity index (χ3n) is 6.73. The summed E-state index contributed by atoms with van der Waals surface area (Å²) in [5, 5.41) is 13.8. The van der Waals surface area contributed by atoms with Crippen molar-refractivity contribution in [2.75, 3.05) is 33.7 Å². The minimum Gasteiger partial charge on any atom is -0.508 e. The van der Waals surface area contributed by atoms with Crippen molar-refractivity contribution in [1.82, 2.24) is 10.2 Å². The molecule has 0 bridgehead atoms. The van der Waals surface area contributed by atoms with E-state index in [4.69, 9.17) is 0 Å². The molecule has 1 fully saturated rings. The molecule has 0 amide bonds. The molecule has 0 spiro atoms. The zero-order valence-electron chi connectivity index (χ0n) is 15.9. The molecule has 0 aromatic heterocycles. The highest BCUT2D eigenvalue weighted by Crippen LogP contribution is 2.57. The van der Waals surface area contributed by atoms with Gasteiger partial charge in [-0.15, -0.1) is 0 Å². The highest BCUT2D eigenvalue weighted by Gasteiger charge is 2.51. The fourth-order valence-electron chi connectivity index (χ4n) is 5.47. The van der Waals surface area contributed by atoms with E-state index in [1.165, 1.54) is 36.8 Å². The van der Waals surface area contributed by atoms with Crippen LogP contribution in [0.25, 0.3) is 0 Å². The Morgan fingerprint density at radius 3 is 2.79 bits per heavy atom. The van der Waals surface area contributed by atoms with Crippen LogP contribution in [0.3, 0.4) is 0 Å². The summed E-state index contributed by atoms with van der Waals surface area (Å²) in [6.45, 7) is 8.20. The molecule has 1 aromatic rings. The highest BCUT2D eigenvalue weighted by atomic mass is 16.3. The van der Waals surface area contributed by atoms with E-state index in [0.29, 0.717) is 17.1 Å². The van der Waals surface area contributed by atoms with Crippen molar-refractivity contribution >= 4 is 0 Å². The van der Waals surface area contributed by atoms with Gasteiger partial charge in [0.05, 0.1) is 0 Å². The van der Waals surface area contributed by atoms with Crippen molar-refractivity contribution in [3.8, 4) is 5.75 Å².